The molecular weight excluding hydrogens is 408 g/mol. The van der Waals surface area contributed by atoms with Crippen molar-refractivity contribution in [2.24, 2.45) is 5.92 Å². The monoisotopic (exact) mass is 456 g/mol. The summed E-state index contributed by atoms with van der Waals surface area (Å²) in [5.41, 5.74) is 0. The van der Waals surface area contributed by atoms with E-state index in [9.17, 15) is 4.79 Å². The number of allylic oxidation sites excluding steroid dienone is 1. The van der Waals surface area contributed by atoms with Gasteiger partial charge in [-0.1, -0.05) is 60.6 Å². The fraction of sp³-hybridized carbons (Fsp3) is 0.792. The minimum Gasteiger partial charge on any atom is -0.539 e. The van der Waals surface area contributed by atoms with Crippen molar-refractivity contribution in [2.75, 3.05) is 0 Å². The van der Waals surface area contributed by atoms with E-state index in [0.29, 0.717) is 5.76 Å². The van der Waals surface area contributed by atoms with Crippen LogP contribution in [0.5, 0.6) is 0 Å². The van der Waals surface area contributed by atoms with Gasteiger partial charge in [0, 0.05) is 5.92 Å². The second-order valence-electron chi connectivity index (χ2n) is 11.6. The smallest absolute Gasteiger partial charge is 0.372 e. The molecule has 0 spiro atoms. The Balaban J connectivity index is 6.05. The van der Waals surface area contributed by atoms with Gasteiger partial charge in [0.25, 0.3) is 8.32 Å². The molecular formula is C24H48O4Si2. The zero-order chi connectivity index (χ0) is 24.1. The Labute approximate surface area is 188 Å². The third-order valence-corrected chi connectivity index (χ3v) is 15.1. The fourth-order valence-corrected chi connectivity index (χ4v) is 4.54. The third-order valence-electron chi connectivity index (χ3n) is 6.27. The molecule has 0 aliphatic heterocycles. The molecule has 0 aromatic heterocycles. The van der Waals surface area contributed by atoms with Gasteiger partial charge in [-0.3, -0.25) is 0 Å². The lowest BCUT2D eigenvalue weighted by Crippen LogP contribution is -2.45. The van der Waals surface area contributed by atoms with Crippen LogP contribution in [0.15, 0.2) is 24.0 Å². The van der Waals surface area contributed by atoms with Crippen LogP contribution in [-0.2, 0) is 18.4 Å². The summed E-state index contributed by atoms with van der Waals surface area (Å²) in [5, 5.41) is 0.0844. The van der Waals surface area contributed by atoms with E-state index < -0.39 is 22.6 Å². The molecule has 0 amide bonds. The van der Waals surface area contributed by atoms with Crippen molar-refractivity contribution in [1.29, 1.82) is 0 Å². The van der Waals surface area contributed by atoms with E-state index in [-0.39, 0.29) is 28.2 Å². The van der Waals surface area contributed by atoms with E-state index in [0.717, 1.165) is 0 Å². The standard InChI is InChI=1S/C24H48O4Si2/c1-15-16-20(27-29(11,12)23(5,6)7)19(4)17-21(22(25)26-18(2)3)28-30(13,14)24(8,9)10/h15-20H,1-14H3/b16-15+,21-17+/t19-,20-/m0/s1. The van der Waals surface area contributed by atoms with Gasteiger partial charge in [-0.05, 0) is 63.1 Å². The van der Waals surface area contributed by atoms with Crippen LogP contribution in [-0.4, -0.2) is 34.8 Å². The Morgan fingerprint density at radius 2 is 1.33 bits per heavy atom. The predicted molar refractivity (Wildman–Crippen MR) is 134 cm³/mol. The van der Waals surface area contributed by atoms with Crippen LogP contribution in [0, 0.1) is 5.92 Å². The van der Waals surface area contributed by atoms with Gasteiger partial charge in [0.1, 0.15) is 0 Å². The lowest BCUT2D eigenvalue weighted by molar-refractivity contribution is -0.145. The minimum absolute atomic E-state index is 0.0200. The van der Waals surface area contributed by atoms with Gasteiger partial charge in [0.05, 0.1) is 12.2 Å². The van der Waals surface area contributed by atoms with Crippen LogP contribution in [0.1, 0.15) is 69.2 Å². The number of hydrogen-bond donors (Lipinski definition) is 0. The van der Waals surface area contributed by atoms with Gasteiger partial charge in [-0.2, -0.15) is 0 Å². The fourth-order valence-electron chi connectivity index (χ4n) is 2.21. The van der Waals surface area contributed by atoms with Crippen LogP contribution in [0.2, 0.25) is 36.3 Å². The number of hydrogen-bond acceptors (Lipinski definition) is 4. The summed E-state index contributed by atoms with van der Waals surface area (Å²) in [6.07, 6.45) is 5.68. The van der Waals surface area contributed by atoms with Crippen LogP contribution in [0.3, 0.4) is 0 Å². The normalized spacial score (nSPS) is 16.7. The first kappa shape index (κ1) is 29.1. The molecule has 0 saturated carbocycles. The average molecular weight is 457 g/mol. The summed E-state index contributed by atoms with van der Waals surface area (Å²) in [5.74, 6) is -0.112. The molecule has 0 saturated heterocycles. The lowest BCUT2D eigenvalue weighted by atomic mass is 10.0. The molecule has 0 radical (unpaired) electrons. The molecule has 30 heavy (non-hydrogen) atoms. The van der Waals surface area contributed by atoms with Gasteiger partial charge < -0.3 is 13.6 Å². The Morgan fingerprint density at radius 3 is 1.70 bits per heavy atom. The van der Waals surface area contributed by atoms with Crippen molar-refractivity contribution >= 4 is 22.6 Å². The molecule has 0 bridgehead atoms. The van der Waals surface area contributed by atoms with E-state index in [1.54, 1.807) is 0 Å². The SMILES string of the molecule is C/C=C/[C@H](O[Si](C)(C)C(C)(C)C)[C@@H](C)/C=C(/O[Si](C)(C)C(C)(C)C)C(=O)OC(C)C. The first-order valence-corrected chi connectivity index (χ1v) is 17.0. The number of esters is 1. The number of ether oxygens (including phenoxy) is 1. The highest BCUT2D eigenvalue weighted by Gasteiger charge is 2.42. The van der Waals surface area contributed by atoms with Crippen LogP contribution in [0.4, 0.5) is 0 Å². The van der Waals surface area contributed by atoms with Crippen LogP contribution < -0.4 is 0 Å². The topological polar surface area (TPSA) is 44.8 Å². The van der Waals surface area contributed by atoms with Crippen LogP contribution >= 0.6 is 0 Å². The van der Waals surface area contributed by atoms with E-state index in [1.165, 1.54) is 0 Å². The van der Waals surface area contributed by atoms with Crippen LogP contribution in [0.25, 0.3) is 0 Å². The molecule has 4 nitrogen and oxygen atoms in total. The predicted octanol–water partition coefficient (Wildman–Crippen LogP) is 7.45. The van der Waals surface area contributed by atoms with Crippen molar-refractivity contribution in [3.63, 3.8) is 0 Å². The van der Waals surface area contributed by atoms with Crippen molar-refractivity contribution in [3.05, 3.63) is 24.0 Å². The highest BCUT2D eigenvalue weighted by atomic mass is 28.4. The number of rotatable bonds is 9. The van der Waals surface area contributed by atoms with E-state index >= 15 is 0 Å². The quantitative estimate of drug-likeness (QED) is 0.119. The first-order chi connectivity index (χ1) is 13.2. The summed E-state index contributed by atoms with van der Waals surface area (Å²) < 4.78 is 18.6. The molecule has 0 fully saturated rings. The molecule has 0 aromatic rings. The second kappa shape index (κ2) is 10.6. The molecule has 0 aliphatic carbocycles. The number of carbonyl (C=O) groups is 1. The summed E-state index contributed by atoms with van der Waals surface area (Å²) in [6, 6.07) is 0. The highest BCUT2D eigenvalue weighted by Crippen LogP contribution is 2.40. The van der Waals surface area contributed by atoms with Crippen molar-refractivity contribution < 1.29 is 18.4 Å². The zero-order valence-corrected chi connectivity index (χ0v) is 24.1. The molecule has 0 aromatic carbocycles. The molecule has 0 rings (SSSR count). The van der Waals surface area contributed by atoms with E-state index in [4.69, 9.17) is 13.6 Å². The van der Waals surface area contributed by atoms with Crippen molar-refractivity contribution in [2.45, 2.75) is 118 Å². The second-order valence-corrected chi connectivity index (χ2v) is 21.1. The maximum atomic E-state index is 12.9. The maximum Gasteiger partial charge on any atom is 0.372 e. The van der Waals surface area contributed by atoms with E-state index in [2.05, 4.69) is 80.7 Å². The Bertz CT molecular complexity index is 620. The molecule has 6 heteroatoms. The Kier molecular flexibility index (Phi) is 10.3. The van der Waals surface area contributed by atoms with Gasteiger partial charge >= 0.3 is 5.97 Å². The molecule has 176 valence electrons. The van der Waals surface area contributed by atoms with Crippen molar-refractivity contribution in [1.82, 2.24) is 0 Å². The highest BCUT2D eigenvalue weighted by molar-refractivity contribution is 6.74. The first-order valence-electron chi connectivity index (χ1n) is 11.2. The van der Waals surface area contributed by atoms with Crippen molar-refractivity contribution in [3.8, 4) is 0 Å². The zero-order valence-electron chi connectivity index (χ0n) is 22.1. The summed E-state index contributed by atoms with van der Waals surface area (Å²) in [6.45, 7) is 29.8. The third kappa shape index (κ3) is 8.71. The minimum atomic E-state index is -2.20. The van der Waals surface area contributed by atoms with Gasteiger partial charge in [0.15, 0.2) is 14.1 Å². The maximum absolute atomic E-state index is 12.9. The van der Waals surface area contributed by atoms with Gasteiger partial charge in [-0.15, -0.1) is 0 Å². The molecule has 0 heterocycles. The van der Waals surface area contributed by atoms with Gasteiger partial charge in [-0.25, -0.2) is 4.79 Å². The summed E-state index contributed by atoms with van der Waals surface area (Å²) >= 11 is 0. The Hall–Kier alpha value is -0.856. The molecule has 0 N–H and O–H groups in total. The Morgan fingerprint density at radius 1 is 0.867 bits per heavy atom. The van der Waals surface area contributed by atoms with E-state index in [1.807, 2.05) is 32.9 Å². The van der Waals surface area contributed by atoms with Gasteiger partial charge in [0.2, 0.25) is 0 Å². The summed E-state index contributed by atoms with van der Waals surface area (Å²) in [7, 11) is -4.18. The molecule has 2 atom stereocenters. The average Bonchev–Trinajstić information content (AvgIpc) is 2.50. The molecule has 0 aliphatic rings. The number of carbonyl (C=O) groups excluding carboxylic acids is 1. The lowest BCUT2D eigenvalue weighted by Gasteiger charge is -2.40. The largest absolute Gasteiger partial charge is 0.539 e. The summed E-state index contributed by atoms with van der Waals surface area (Å²) in [4.78, 5) is 12.9. The molecule has 0 unspecified atom stereocenters.